The van der Waals surface area contributed by atoms with Crippen LogP contribution in [-0.4, -0.2) is 67.8 Å². The van der Waals surface area contributed by atoms with Gasteiger partial charge in [-0.15, -0.1) is 0 Å². The van der Waals surface area contributed by atoms with E-state index in [4.69, 9.17) is 4.74 Å². The summed E-state index contributed by atoms with van der Waals surface area (Å²) in [5.41, 5.74) is 3.04. The molecule has 5 rings (SSSR count). The van der Waals surface area contributed by atoms with Crippen molar-refractivity contribution in [2.45, 2.75) is 46.6 Å². The van der Waals surface area contributed by atoms with Gasteiger partial charge in [-0.05, 0) is 58.2 Å². The molecule has 41 heavy (non-hydrogen) atoms. The van der Waals surface area contributed by atoms with Gasteiger partial charge in [0.25, 0.3) is 0 Å². The Morgan fingerprint density at radius 1 is 1.10 bits per heavy atom. The highest BCUT2D eigenvalue weighted by Crippen LogP contribution is 2.39. The lowest BCUT2D eigenvalue weighted by Gasteiger charge is -2.36. The van der Waals surface area contributed by atoms with Gasteiger partial charge in [-0.2, -0.15) is 0 Å². The number of rotatable bonds is 8. The molecule has 12 nitrogen and oxygen atoms in total. The number of carboxylic acid groups (broad SMARTS) is 1. The van der Waals surface area contributed by atoms with E-state index in [1.807, 2.05) is 37.8 Å². The number of ether oxygens (including phenoxy) is 1. The van der Waals surface area contributed by atoms with E-state index in [0.717, 1.165) is 21.4 Å². The number of amides is 2. The summed E-state index contributed by atoms with van der Waals surface area (Å²) in [6.45, 7) is 9.15. The third kappa shape index (κ3) is 6.19. The fraction of sp³-hybridized carbons (Fsp3) is 0.393. The number of thiazole rings is 1. The Balaban J connectivity index is 1.49. The summed E-state index contributed by atoms with van der Waals surface area (Å²) in [7, 11) is 0. The summed E-state index contributed by atoms with van der Waals surface area (Å²) in [6, 6.07) is 5.39. The standard InChI is InChI=1S/C28H32N8O4S/c1-5-29-26(39)35-27-34-21-11-17(10-19(23(21)41-27)20-12-22(33-15-32-20)40-16(2)3)18-13-30-25(31-14-18)36-8-6-28(4,7-9-36)24(37)38/h10-16H,5-9H2,1-4H3,(H,37,38)(H2,29,34,35,39). The van der Waals surface area contributed by atoms with Gasteiger partial charge < -0.3 is 20.1 Å². The third-order valence-electron chi connectivity index (χ3n) is 6.96. The molecule has 1 aliphatic rings. The third-order valence-corrected chi connectivity index (χ3v) is 7.98. The van der Waals surface area contributed by atoms with E-state index in [9.17, 15) is 14.7 Å². The quantitative estimate of drug-likeness (QED) is 0.266. The molecular weight excluding hydrogens is 544 g/mol. The SMILES string of the molecule is CCNC(=O)Nc1nc2cc(-c3cnc(N4CCC(C)(C(=O)O)CC4)nc3)cc(-c3cc(OC(C)C)ncn3)c2s1. The first-order valence-corrected chi connectivity index (χ1v) is 14.3. The predicted octanol–water partition coefficient (Wildman–Crippen LogP) is 4.83. The van der Waals surface area contributed by atoms with Gasteiger partial charge in [0, 0.05) is 49.2 Å². The molecule has 3 N–H and O–H groups in total. The highest BCUT2D eigenvalue weighted by molar-refractivity contribution is 7.22. The molecule has 1 saturated heterocycles. The smallest absolute Gasteiger partial charge is 0.321 e. The van der Waals surface area contributed by atoms with Crippen LogP contribution < -0.4 is 20.3 Å². The van der Waals surface area contributed by atoms with E-state index in [1.165, 1.54) is 17.7 Å². The molecule has 13 heteroatoms. The summed E-state index contributed by atoms with van der Waals surface area (Å²) in [5.74, 6) is 0.260. The van der Waals surface area contributed by atoms with Crippen LogP contribution in [0, 0.1) is 5.41 Å². The predicted molar refractivity (Wildman–Crippen MR) is 157 cm³/mol. The number of fused-ring (bicyclic) bond motifs is 1. The number of carbonyl (C=O) groups is 2. The summed E-state index contributed by atoms with van der Waals surface area (Å²) in [4.78, 5) is 48.4. The number of aliphatic carboxylic acids is 1. The maximum absolute atomic E-state index is 12.2. The van der Waals surface area contributed by atoms with Crippen LogP contribution in [0.4, 0.5) is 15.9 Å². The number of anilines is 2. The number of nitrogens with zero attached hydrogens (tertiary/aromatic N) is 6. The molecule has 0 radical (unpaired) electrons. The van der Waals surface area contributed by atoms with Crippen LogP contribution in [0.5, 0.6) is 5.88 Å². The normalized spacial score (nSPS) is 14.7. The topological polar surface area (TPSA) is 155 Å². The molecule has 0 bridgehead atoms. The van der Waals surface area contributed by atoms with Crippen LogP contribution in [0.15, 0.2) is 36.9 Å². The Bertz CT molecular complexity index is 1570. The van der Waals surface area contributed by atoms with E-state index in [1.54, 1.807) is 25.4 Å². The molecule has 4 aromatic rings. The molecule has 0 saturated carbocycles. The van der Waals surface area contributed by atoms with Gasteiger partial charge in [0.2, 0.25) is 11.8 Å². The maximum Gasteiger partial charge on any atom is 0.321 e. The summed E-state index contributed by atoms with van der Waals surface area (Å²) < 4.78 is 6.65. The van der Waals surface area contributed by atoms with Gasteiger partial charge in [0.1, 0.15) is 6.33 Å². The van der Waals surface area contributed by atoms with E-state index in [0.29, 0.717) is 60.6 Å². The molecule has 0 aliphatic carbocycles. The van der Waals surface area contributed by atoms with Crippen molar-refractivity contribution in [3.8, 4) is 28.3 Å². The van der Waals surface area contributed by atoms with Crippen molar-refractivity contribution in [2.75, 3.05) is 29.9 Å². The number of hydrogen-bond donors (Lipinski definition) is 3. The molecule has 2 amide bonds. The second kappa shape index (κ2) is 11.6. The fourth-order valence-corrected chi connectivity index (χ4v) is 5.55. The summed E-state index contributed by atoms with van der Waals surface area (Å²) >= 11 is 1.36. The van der Waals surface area contributed by atoms with Gasteiger partial charge in [-0.1, -0.05) is 11.3 Å². The van der Waals surface area contributed by atoms with E-state index < -0.39 is 11.4 Å². The molecule has 214 valence electrons. The Kier molecular flexibility index (Phi) is 7.97. The number of carbonyl (C=O) groups excluding carboxylic acids is 1. The highest BCUT2D eigenvalue weighted by Gasteiger charge is 2.37. The van der Waals surface area contributed by atoms with Gasteiger partial charge in [-0.3, -0.25) is 10.1 Å². The average molecular weight is 577 g/mol. The monoisotopic (exact) mass is 576 g/mol. The molecule has 1 aliphatic heterocycles. The zero-order valence-electron chi connectivity index (χ0n) is 23.3. The minimum Gasteiger partial charge on any atom is -0.481 e. The largest absolute Gasteiger partial charge is 0.481 e. The van der Waals surface area contributed by atoms with Crippen molar-refractivity contribution in [1.82, 2.24) is 30.2 Å². The van der Waals surface area contributed by atoms with Crippen molar-refractivity contribution in [3.05, 3.63) is 36.9 Å². The van der Waals surface area contributed by atoms with Crippen LogP contribution in [0.3, 0.4) is 0 Å². The maximum atomic E-state index is 12.2. The Morgan fingerprint density at radius 2 is 1.83 bits per heavy atom. The van der Waals surface area contributed by atoms with Crippen LogP contribution in [0.25, 0.3) is 32.6 Å². The Labute approximate surface area is 241 Å². The minimum absolute atomic E-state index is 0.0474. The van der Waals surface area contributed by atoms with Crippen LogP contribution >= 0.6 is 11.3 Å². The zero-order valence-corrected chi connectivity index (χ0v) is 24.2. The van der Waals surface area contributed by atoms with E-state index in [2.05, 4.69) is 35.6 Å². The molecule has 3 aromatic heterocycles. The summed E-state index contributed by atoms with van der Waals surface area (Å²) in [6.07, 6.45) is 5.99. The van der Waals surface area contributed by atoms with Crippen molar-refractivity contribution in [1.29, 1.82) is 0 Å². The molecule has 4 heterocycles. The number of nitrogens with one attached hydrogen (secondary N) is 2. The lowest BCUT2D eigenvalue weighted by Crippen LogP contribution is -2.43. The number of carboxylic acids is 1. The first-order chi connectivity index (χ1) is 19.6. The van der Waals surface area contributed by atoms with Gasteiger partial charge in [-0.25, -0.2) is 29.7 Å². The Morgan fingerprint density at radius 3 is 2.49 bits per heavy atom. The van der Waals surface area contributed by atoms with E-state index >= 15 is 0 Å². The van der Waals surface area contributed by atoms with Crippen LogP contribution in [0.2, 0.25) is 0 Å². The first kappa shape index (κ1) is 28.1. The fourth-order valence-electron chi connectivity index (χ4n) is 4.59. The van der Waals surface area contributed by atoms with Crippen molar-refractivity contribution >= 4 is 44.6 Å². The van der Waals surface area contributed by atoms with Crippen LogP contribution in [-0.2, 0) is 4.79 Å². The second-order valence-electron chi connectivity index (χ2n) is 10.4. The molecule has 0 unspecified atom stereocenters. The molecular formula is C28H32N8O4S. The van der Waals surface area contributed by atoms with Crippen molar-refractivity contribution in [2.24, 2.45) is 5.41 Å². The number of urea groups is 1. The second-order valence-corrected chi connectivity index (χ2v) is 11.4. The lowest BCUT2D eigenvalue weighted by molar-refractivity contribution is -0.149. The van der Waals surface area contributed by atoms with Crippen LogP contribution in [0.1, 0.15) is 40.5 Å². The van der Waals surface area contributed by atoms with Gasteiger partial charge >= 0.3 is 12.0 Å². The molecule has 0 atom stereocenters. The van der Waals surface area contributed by atoms with E-state index in [-0.39, 0.29) is 12.1 Å². The van der Waals surface area contributed by atoms with Gasteiger partial charge in [0.05, 0.1) is 27.4 Å². The molecule has 1 fully saturated rings. The number of piperidine rings is 1. The summed E-state index contributed by atoms with van der Waals surface area (Å²) in [5, 5.41) is 15.5. The minimum atomic E-state index is -0.766. The highest BCUT2D eigenvalue weighted by atomic mass is 32.1. The lowest BCUT2D eigenvalue weighted by atomic mass is 9.80. The number of benzene rings is 1. The van der Waals surface area contributed by atoms with Crippen molar-refractivity contribution in [3.63, 3.8) is 0 Å². The number of aromatic nitrogens is 5. The molecule has 1 aromatic carbocycles. The van der Waals surface area contributed by atoms with Crippen molar-refractivity contribution < 1.29 is 19.4 Å². The molecule has 0 spiro atoms. The van der Waals surface area contributed by atoms with Gasteiger partial charge in [0.15, 0.2) is 5.13 Å². The first-order valence-electron chi connectivity index (χ1n) is 13.4. The zero-order chi connectivity index (χ0) is 29.1. The Hall–Kier alpha value is -4.39. The average Bonchev–Trinajstić information content (AvgIpc) is 3.35. The number of hydrogen-bond acceptors (Lipinski definition) is 10.